The molecule has 1 aliphatic carbocycles. The molecule has 0 radical (unpaired) electrons. The van der Waals surface area contributed by atoms with Crippen LogP contribution in [0, 0.1) is 5.82 Å². The van der Waals surface area contributed by atoms with Crippen molar-refractivity contribution in [3.05, 3.63) is 64.4 Å². The standard InChI is InChI=1S/C21H23ClFN3O3S/c22-20-13-17(23)5-4-16(20)14-25-8-10-26(11-9-25)21(27)15-2-1-3-19(12-15)30(28,29)24-18-6-7-18/h1-5,12-13,18,24H,6-11,14H2. The van der Waals surface area contributed by atoms with Crippen LogP contribution in [-0.2, 0) is 16.6 Å². The maximum absolute atomic E-state index is 13.2. The number of piperazine rings is 1. The second-order valence-electron chi connectivity index (χ2n) is 7.73. The molecule has 4 rings (SSSR count). The van der Waals surface area contributed by atoms with Crippen LogP contribution in [0.3, 0.4) is 0 Å². The van der Waals surface area contributed by atoms with Crippen LogP contribution < -0.4 is 4.72 Å². The van der Waals surface area contributed by atoms with Gasteiger partial charge in [-0.25, -0.2) is 17.5 Å². The van der Waals surface area contributed by atoms with Gasteiger partial charge in [0.2, 0.25) is 10.0 Å². The summed E-state index contributed by atoms with van der Waals surface area (Å²) in [5, 5.41) is 0.395. The summed E-state index contributed by atoms with van der Waals surface area (Å²) in [5.41, 5.74) is 1.21. The van der Waals surface area contributed by atoms with Crippen molar-refractivity contribution in [2.24, 2.45) is 0 Å². The van der Waals surface area contributed by atoms with E-state index in [9.17, 15) is 17.6 Å². The maximum atomic E-state index is 13.2. The Kier molecular flexibility index (Phi) is 6.11. The molecule has 30 heavy (non-hydrogen) atoms. The van der Waals surface area contributed by atoms with Crippen LogP contribution >= 0.6 is 11.6 Å². The molecule has 9 heteroatoms. The molecule has 1 heterocycles. The van der Waals surface area contributed by atoms with Gasteiger partial charge in [-0.05, 0) is 48.7 Å². The minimum atomic E-state index is -3.60. The van der Waals surface area contributed by atoms with E-state index < -0.39 is 10.0 Å². The van der Waals surface area contributed by atoms with Crippen LogP contribution in [-0.4, -0.2) is 56.3 Å². The van der Waals surface area contributed by atoms with E-state index in [1.54, 1.807) is 23.1 Å². The van der Waals surface area contributed by atoms with Crippen molar-refractivity contribution in [3.8, 4) is 0 Å². The third-order valence-corrected chi connectivity index (χ3v) is 7.23. The minimum Gasteiger partial charge on any atom is -0.336 e. The predicted octanol–water partition coefficient (Wildman–Crippen LogP) is 2.88. The van der Waals surface area contributed by atoms with E-state index in [0.717, 1.165) is 18.4 Å². The normalized spacial score (nSPS) is 17.9. The predicted molar refractivity (Wildman–Crippen MR) is 112 cm³/mol. The Hall–Kier alpha value is -2.00. The zero-order chi connectivity index (χ0) is 21.3. The molecule has 1 aliphatic heterocycles. The number of carbonyl (C=O) groups is 1. The van der Waals surface area contributed by atoms with Gasteiger partial charge in [-0.1, -0.05) is 23.7 Å². The molecule has 1 saturated heterocycles. The van der Waals surface area contributed by atoms with Crippen molar-refractivity contribution in [1.82, 2.24) is 14.5 Å². The second kappa shape index (κ2) is 8.63. The van der Waals surface area contributed by atoms with Crippen LogP contribution in [0.5, 0.6) is 0 Å². The Labute approximate surface area is 180 Å². The summed E-state index contributed by atoms with van der Waals surface area (Å²) >= 11 is 6.11. The summed E-state index contributed by atoms with van der Waals surface area (Å²) in [6, 6.07) is 10.6. The van der Waals surface area contributed by atoms with Crippen molar-refractivity contribution in [2.45, 2.75) is 30.3 Å². The van der Waals surface area contributed by atoms with E-state index in [2.05, 4.69) is 9.62 Å². The summed E-state index contributed by atoms with van der Waals surface area (Å²) in [6.07, 6.45) is 1.70. The Balaban J connectivity index is 1.38. The first kappa shape index (κ1) is 21.2. The molecule has 160 valence electrons. The summed E-state index contributed by atoms with van der Waals surface area (Å²) in [5.74, 6) is -0.548. The average Bonchev–Trinajstić information content (AvgIpc) is 3.53. The lowest BCUT2D eigenvalue weighted by Crippen LogP contribution is -2.48. The quantitative estimate of drug-likeness (QED) is 0.733. The van der Waals surface area contributed by atoms with Crippen LogP contribution in [0.1, 0.15) is 28.8 Å². The zero-order valence-corrected chi connectivity index (χ0v) is 17.9. The van der Waals surface area contributed by atoms with E-state index in [-0.39, 0.29) is 22.7 Å². The molecule has 1 N–H and O–H groups in total. The molecule has 1 amide bonds. The Morgan fingerprint density at radius 2 is 1.83 bits per heavy atom. The molecule has 0 bridgehead atoms. The third kappa shape index (κ3) is 5.00. The van der Waals surface area contributed by atoms with Crippen molar-refractivity contribution in [2.75, 3.05) is 26.2 Å². The highest BCUT2D eigenvalue weighted by Gasteiger charge is 2.29. The molecule has 0 unspecified atom stereocenters. The highest BCUT2D eigenvalue weighted by atomic mass is 35.5. The van der Waals surface area contributed by atoms with Gasteiger partial charge in [-0.15, -0.1) is 0 Å². The molecule has 2 aliphatic rings. The van der Waals surface area contributed by atoms with E-state index in [1.807, 2.05) is 0 Å². The van der Waals surface area contributed by atoms with Gasteiger partial charge in [0, 0.05) is 49.4 Å². The van der Waals surface area contributed by atoms with Gasteiger partial charge in [0.15, 0.2) is 0 Å². The molecule has 2 aromatic rings. The van der Waals surface area contributed by atoms with E-state index in [0.29, 0.717) is 43.3 Å². The minimum absolute atomic E-state index is 0.0112. The van der Waals surface area contributed by atoms with Gasteiger partial charge in [0.25, 0.3) is 5.91 Å². The number of hydrogen-bond donors (Lipinski definition) is 1. The average molecular weight is 452 g/mol. The number of nitrogens with one attached hydrogen (secondary N) is 1. The van der Waals surface area contributed by atoms with Crippen LogP contribution in [0.4, 0.5) is 4.39 Å². The highest BCUT2D eigenvalue weighted by Crippen LogP contribution is 2.23. The Bertz CT molecular complexity index is 1050. The fourth-order valence-corrected chi connectivity index (χ4v) is 5.04. The fourth-order valence-electron chi connectivity index (χ4n) is 3.47. The van der Waals surface area contributed by atoms with Gasteiger partial charge in [0.05, 0.1) is 4.90 Å². The second-order valence-corrected chi connectivity index (χ2v) is 9.85. The topological polar surface area (TPSA) is 69.7 Å². The van der Waals surface area contributed by atoms with Gasteiger partial charge in [0.1, 0.15) is 5.82 Å². The molecular weight excluding hydrogens is 429 g/mol. The monoisotopic (exact) mass is 451 g/mol. The summed E-state index contributed by atoms with van der Waals surface area (Å²) in [6.45, 7) is 2.94. The van der Waals surface area contributed by atoms with Gasteiger partial charge >= 0.3 is 0 Å². The molecule has 6 nitrogen and oxygen atoms in total. The molecule has 1 saturated carbocycles. The summed E-state index contributed by atoms with van der Waals surface area (Å²) in [4.78, 5) is 16.9. The maximum Gasteiger partial charge on any atom is 0.253 e. The van der Waals surface area contributed by atoms with Crippen molar-refractivity contribution in [3.63, 3.8) is 0 Å². The van der Waals surface area contributed by atoms with Crippen LogP contribution in [0.2, 0.25) is 5.02 Å². The first-order valence-electron chi connectivity index (χ1n) is 9.90. The first-order chi connectivity index (χ1) is 14.3. The number of benzene rings is 2. The van der Waals surface area contributed by atoms with Crippen LogP contribution in [0.25, 0.3) is 0 Å². The highest BCUT2D eigenvalue weighted by molar-refractivity contribution is 7.89. The number of amides is 1. The van der Waals surface area contributed by atoms with E-state index in [4.69, 9.17) is 11.6 Å². The largest absolute Gasteiger partial charge is 0.336 e. The smallest absolute Gasteiger partial charge is 0.253 e. The number of carbonyl (C=O) groups excluding carboxylic acids is 1. The number of hydrogen-bond acceptors (Lipinski definition) is 4. The molecule has 2 fully saturated rings. The van der Waals surface area contributed by atoms with Gasteiger partial charge < -0.3 is 4.90 Å². The van der Waals surface area contributed by atoms with Crippen molar-refractivity contribution < 1.29 is 17.6 Å². The number of halogens is 2. The molecule has 2 aromatic carbocycles. The molecule has 0 aromatic heterocycles. The molecular formula is C21H23ClFN3O3S. The molecule has 0 spiro atoms. The third-order valence-electron chi connectivity index (χ3n) is 5.36. The Morgan fingerprint density at radius 3 is 2.50 bits per heavy atom. The lowest BCUT2D eigenvalue weighted by Gasteiger charge is -2.35. The van der Waals surface area contributed by atoms with Gasteiger partial charge in [-0.3, -0.25) is 9.69 Å². The zero-order valence-electron chi connectivity index (χ0n) is 16.4. The van der Waals surface area contributed by atoms with Crippen LogP contribution in [0.15, 0.2) is 47.4 Å². The van der Waals surface area contributed by atoms with Crippen molar-refractivity contribution >= 4 is 27.5 Å². The van der Waals surface area contributed by atoms with E-state index in [1.165, 1.54) is 24.3 Å². The van der Waals surface area contributed by atoms with E-state index >= 15 is 0 Å². The SMILES string of the molecule is O=C(c1cccc(S(=O)(=O)NC2CC2)c1)N1CCN(Cc2ccc(F)cc2Cl)CC1. The fraction of sp³-hybridized carbons (Fsp3) is 0.381. The number of sulfonamides is 1. The summed E-state index contributed by atoms with van der Waals surface area (Å²) < 4.78 is 40.7. The van der Waals surface area contributed by atoms with Gasteiger partial charge in [-0.2, -0.15) is 0 Å². The molecule has 0 atom stereocenters. The number of rotatable bonds is 6. The first-order valence-corrected chi connectivity index (χ1v) is 11.8. The lowest BCUT2D eigenvalue weighted by atomic mass is 10.1. The Morgan fingerprint density at radius 1 is 1.10 bits per heavy atom. The lowest BCUT2D eigenvalue weighted by molar-refractivity contribution is 0.0628. The number of nitrogens with zero attached hydrogens (tertiary/aromatic N) is 2. The summed E-state index contributed by atoms with van der Waals surface area (Å²) in [7, 11) is -3.60. The van der Waals surface area contributed by atoms with Crippen molar-refractivity contribution in [1.29, 1.82) is 0 Å².